The number of rotatable bonds is 6. The molecule has 0 spiro atoms. The van der Waals surface area contributed by atoms with Crippen molar-refractivity contribution in [2.45, 2.75) is 26.3 Å². The molecular weight excluding hydrogens is 236 g/mol. The molecule has 0 saturated carbocycles. The molecule has 0 fully saturated rings. The van der Waals surface area contributed by atoms with Gasteiger partial charge in [0.2, 0.25) is 0 Å². The topological polar surface area (TPSA) is 100 Å². The van der Waals surface area contributed by atoms with Gasteiger partial charge in [-0.2, -0.15) is 0 Å². The van der Waals surface area contributed by atoms with Gasteiger partial charge in [-0.3, -0.25) is 10.1 Å². The Bertz CT molecular complexity index is 434. The highest BCUT2D eigenvalue weighted by Crippen LogP contribution is 2.22. The summed E-state index contributed by atoms with van der Waals surface area (Å²) >= 11 is 0. The van der Waals surface area contributed by atoms with E-state index in [-0.39, 0.29) is 12.3 Å². The first kappa shape index (κ1) is 14.2. The van der Waals surface area contributed by atoms with Crippen LogP contribution in [0.5, 0.6) is 0 Å². The summed E-state index contributed by atoms with van der Waals surface area (Å²) < 4.78 is 0. The van der Waals surface area contributed by atoms with Crippen molar-refractivity contribution in [1.82, 2.24) is 4.98 Å². The Labute approximate surface area is 105 Å². The maximum absolute atomic E-state index is 10.8. The first-order valence-corrected chi connectivity index (χ1v) is 5.67. The number of aliphatic hydroxyl groups excluding tert-OH is 1. The quantitative estimate of drug-likeness (QED) is 0.526. The van der Waals surface area contributed by atoms with Gasteiger partial charge in [0.05, 0.1) is 29.2 Å². The monoisotopic (exact) mass is 254 g/mol. The average molecular weight is 254 g/mol. The smallest absolute Gasteiger partial charge is 0.276 e. The zero-order chi connectivity index (χ0) is 13.8. The first-order valence-electron chi connectivity index (χ1n) is 5.67. The third-order valence-electron chi connectivity index (χ3n) is 2.24. The van der Waals surface area contributed by atoms with E-state index in [4.69, 9.17) is 5.11 Å². The number of aliphatic hydroxyl groups is 1. The molecule has 0 amide bonds. The highest BCUT2D eigenvalue weighted by atomic mass is 16.6. The largest absolute Gasteiger partial charge is 0.394 e. The Morgan fingerprint density at radius 1 is 1.44 bits per heavy atom. The Balaban J connectivity index is 3.06. The second-order valence-corrected chi connectivity index (χ2v) is 4.55. The minimum Gasteiger partial charge on any atom is -0.394 e. The van der Waals surface area contributed by atoms with Gasteiger partial charge in [-0.05, 0) is 20.8 Å². The van der Waals surface area contributed by atoms with Crippen LogP contribution >= 0.6 is 0 Å². The summed E-state index contributed by atoms with van der Waals surface area (Å²) in [6.07, 6.45) is 0. The van der Waals surface area contributed by atoms with Gasteiger partial charge in [0.1, 0.15) is 11.6 Å². The van der Waals surface area contributed by atoms with Crippen LogP contribution in [0.25, 0.3) is 0 Å². The third kappa shape index (κ3) is 3.85. The molecule has 1 heterocycles. The van der Waals surface area contributed by atoms with Crippen LogP contribution < -0.4 is 10.6 Å². The molecular formula is C11H18N4O3. The number of hydrogen-bond donors (Lipinski definition) is 3. The molecule has 7 heteroatoms. The molecule has 100 valence electrons. The van der Waals surface area contributed by atoms with Gasteiger partial charge < -0.3 is 15.7 Å². The van der Waals surface area contributed by atoms with Crippen LogP contribution in [-0.2, 0) is 0 Å². The molecule has 0 aliphatic rings. The van der Waals surface area contributed by atoms with Crippen LogP contribution in [-0.4, -0.2) is 33.7 Å². The van der Waals surface area contributed by atoms with Gasteiger partial charge in [-0.1, -0.05) is 0 Å². The highest BCUT2D eigenvalue weighted by Gasteiger charge is 2.19. The Morgan fingerprint density at radius 2 is 2.06 bits per heavy atom. The van der Waals surface area contributed by atoms with Crippen molar-refractivity contribution < 1.29 is 10.0 Å². The highest BCUT2D eigenvalue weighted by molar-refractivity contribution is 5.55. The molecule has 7 nitrogen and oxygen atoms in total. The third-order valence-corrected chi connectivity index (χ3v) is 2.24. The molecule has 0 aromatic carbocycles. The summed E-state index contributed by atoms with van der Waals surface area (Å²) in [6, 6.07) is 2.72. The van der Waals surface area contributed by atoms with Crippen molar-refractivity contribution in [3.63, 3.8) is 0 Å². The van der Waals surface area contributed by atoms with Gasteiger partial charge in [0.25, 0.3) is 5.69 Å². The molecule has 3 N–H and O–H groups in total. The second-order valence-electron chi connectivity index (χ2n) is 4.55. The molecule has 1 aromatic rings. The predicted octanol–water partition coefficient (Wildman–Crippen LogP) is 1.60. The van der Waals surface area contributed by atoms with E-state index in [2.05, 4.69) is 15.6 Å². The van der Waals surface area contributed by atoms with Crippen LogP contribution in [0.1, 0.15) is 20.8 Å². The molecule has 0 radical (unpaired) electrons. The lowest BCUT2D eigenvalue weighted by atomic mass is 10.1. The summed E-state index contributed by atoms with van der Waals surface area (Å²) in [5.41, 5.74) is -0.636. The molecule has 18 heavy (non-hydrogen) atoms. The van der Waals surface area contributed by atoms with Crippen molar-refractivity contribution in [1.29, 1.82) is 0 Å². The number of nitrogens with one attached hydrogen (secondary N) is 2. The summed E-state index contributed by atoms with van der Waals surface area (Å²) in [7, 11) is 0. The number of nitrogens with zero attached hydrogens (tertiary/aromatic N) is 2. The maximum Gasteiger partial charge on any atom is 0.276 e. The Kier molecular flexibility index (Phi) is 4.43. The van der Waals surface area contributed by atoms with Crippen LogP contribution in [0.15, 0.2) is 12.1 Å². The fraction of sp³-hybridized carbons (Fsp3) is 0.545. The molecule has 1 aromatic heterocycles. The maximum atomic E-state index is 10.8. The number of pyridine rings is 1. The Morgan fingerprint density at radius 3 is 2.56 bits per heavy atom. The Hall–Kier alpha value is -1.89. The van der Waals surface area contributed by atoms with Crippen LogP contribution in [0.3, 0.4) is 0 Å². The number of nitro groups is 1. The number of aromatic nitrogens is 1. The zero-order valence-electron chi connectivity index (χ0n) is 10.7. The number of anilines is 2. The minimum atomic E-state index is -0.592. The first-order chi connectivity index (χ1) is 8.38. The second kappa shape index (κ2) is 5.63. The van der Waals surface area contributed by atoms with E-state index in [0.717, 1.165) is 0 Å². The molecule has 0 aliphatic carbocycles. The van der Waals surface area contributed by atoms with Crippen molar-refractivity contribution in [3.05, 3.63) is 22.2 Å². The minimum absolute atomic E-state index is 0.0443. The van der Waals surface area contributed by atoms with Crippen molar-refractivity contribution in [3.8, 4) is 0 Å². The molecule has 0 saturated heterocycles. The van der Waals surface area contributed by atoms with Crippen molar-refractivity contribution >= 4 is 17.3 Å². The van der Waals surface area contributed by atoms with Crippen molar-refractivity contribution in [2.24, 2.45) is 0 Å². The fourth-order valence-corrected chi connectivity index (χ4v) is 1.34. The fourth-order valence-electron chi connectivity index (χ4n) is 1.34. The van der Waals surface area contributed by atoms with E-state index in [0.29, 0.717) is 18.2 Å². The average Bonchev–Trinajstić information content (AvgIpc) is 2.28. The normalized spacial score (nSPS) is 11.1. The summed E-state index contributed by atoms with van der Waals surface area (Å²) in [4.78, 5) is 14.5. The molecule has 0 bridgehead atoms. The van der Waals surface area contributed by atoms with E-state index in [9.17, 15) is 10.1 Å². The lowest BCUT2D eigenvalue weighted by Crippen LogP contribution is -2.35. The number of hydrogen-bond acceptors (Lipinski definition) is 6. The van der Waals surface area contributed by atoms with Crippen LogP contribution in [0.2, 0.25) is 0 Å². The lowest BCUT2D eigenvalue weighted by Gasteiger charge is -2.24. The summed E-state index contributed by atoms with van der Waals surface area (Å²) in [5, 5.41) is 25.9. The van der Waals surface area contributed by atoms with Crippen LogP contribution in [0.4, 0.5) is 17.3 Å². The van der Waals surface area contributed by atoms with E-state index < -0.39 is 10.5 Å². The van der Waals surface area contributed by atoms with Gasteiger partial charge >= 0.3 is 0 Å². The molecule has 0 unspecified atom stereocenters. The van der Waals surface area contributed by atoms with E-state index >= 15 is 0 Å². The molecule has 1 rings (SSSR count). The molecule has 0 atom stereocenters. The summed E-state index contributed by atoms with van der Waals surface area (Å²) in [6.45, 7) is 5.96. The van der Waals surface area contributed by atoms with E-state index in [1.54, 1.807) is 13.8 Å². The predicted molar refractivity (Wildman–Crippen MR) is 69.8 cm³/mol. The summed E-state index contributed by atoms with van der Waals surface area (Å²) in [5.74, 6) is 0.794. The van der Waals surface area contributed by atoms with Gasteiger partial charge in [0.15, 0.2) is 0 Å². The van der Waals surface area contributed by atoms with Crippen LogP contribution in [0, 0.1) is 10.1 Å². The van der Waals surface area contributed by atoms with Gasteiger partial charge in [-0.15, -0.1) is 0 Å². The SMILES string of the molecule is CCNc1cc([N+](=O)[O-])cc(NC(C)(C)CO)n1. The van der Waals surface area contributed by atoms with E-state index in [1.807, 2.05) is 6.92 Å². The van der Waals surface area contributed by atoms with E-state index in [1.165, 1.54) is 12.1 Å². The van der Waals surface area contributed by atoms with Gasteiger partial charge in [-0.25, -0.2) is 4.98 Å². The zero-order valence-corrected chi connectivity index (χ0v) is 10.7. The molecule has 0 aliphatic heterocycles. The van der Waals surface area contributed by atoms with Crippen molar-refractivity contribution in [2.75, 3.05) is 23.8 Å². The van der Waals surface area contributed by atoms with Gasteiger partial charge in [0, 0.05) is 6.54 Å². The standard InChI is InChI=1S/C11H18N4O3/c1-4-12-9-5-8(15(17)18)6-10(13-9)14-11(2,3)7-16/h5-6,16H,4,7H2,1-3H3,(H2,12,13,14). The lowest BCUT2D eigenvalue weighted by molar-refractivity contribution is -0.384.